The van der Waals surface area contributed by atoms with Crippen LogP contribution in [0.15, 0.2) is 41.8 Å². The average Bonchev–Trinajstić information content (AvgIpc) is 2.91. The van der Waals surface area contributed by atoms with Gasteiger partial charge in [-0.25, -0.2) is 0 Å². The topological polar surface area (TPSA) is 29.3 Å². The van der Waals surface area contributed by atoms with E-state index in [1.165, 1.54) is 10.4 Å². The first-order chi connectivity index (χ1) is 9.61. The molecule has 2 rings (SSSR count). The molecule has 0 saturated carbocycles. The Morgan fingerprint density at radius 1 is 1.25 bits per heavy atom. The van der Waals surface area contributed by atoms with Gasteiger partial charge in [0.05, 0.1) is 0 Å². The molecule has 0 aliphatic heterocycles. The molecule has 0 fully saturated rings. The minimum Gasteiger partial charge on any atom is -0.329 e. The van der Waals surface area contributed by atoms with E-state index in [0.29, 0.717) is 12.6 Å². The van der Waals surface area contributed by atoms with Crippen LogP contribution < -0.4 is 5.73 Å². The number of thiophene rings is 1. The van der Waals surface area contributed by atoms with Crippen molar-refractivity contribution in [2.24, 2.45) is 5.73 Å². The number of nitrogens with zero attached hydrogens (tertiary/aromatic N) is 1. The summed E-state index contributed by atoms with van der Waals surface area (Å²) in [5.74, 6) is 0. The van der Waals surface area contributed by atoms with Crippen LogP contribution in [0.25, 0.3) is 0 Å². The van der Waals surface area contributed by atoms with Crippen LogP contribution in [0.3, 0.4) is 0 Å². The molecule has 2 aromatic rings. The molecule has 1 atom stereocenters. The maximum atomic E-state index is 6.12. The fourth-order valence-corrected chi connectivity index (χ4v) is 3.32. The highest BCUT2D eigenvalue weighted by molar-refractivity contribution is 7.09. The molecule has 20 heavy (non-hydrogen) atoms. The maximum Gasteiger partial charge on any atom is 0.0477 e. The van der Waals surface area contributed by atoms with Crippen LogP contribution in [0.2, 0.25) is 5.02 Å². The van der Waals surface area contributed by atoms with E-state index in [9.17, 15) is 0 Å². The van der Waals surface area contributed by atoms with Crippen molar-refractivity contribution in [3.63, 3.8) is 0 Å². The van der Waals surface area contributed by atoms with Crippen molar-refractivity contribution >= 4 is 22.9 Å². The molecule has 2 N–H and O–H groups in total. The average molecular weight is 309 g/mol. The monoisotopic (exact) mass is 308 g/mol. The first kappa shape index (κ1) is 15.5. The highest BCUT2D eigenvalue weighted by Crippen LogP contribution is 2.27. The molecule has 0 saturated heterocycles. The summed E-state index contributed by atoms with van der Waals surface area (Å²) in [6.45, 7) is 5.93. The number of hydrogen-bond donors (Lipinski definition) is 1. The molecule has 1 unspecified atom stereocenters. The molecule has 0 aliphatic carbocycles. The van der Waals surface area contributed by atoms with Crippen molar-refractivity contribution in [2.45, 2.75) is 32.5 Å². The number of hydrogen-bond acceptors (Lipinski definition) is 3. The van der Waals surface area contributed by atoms with E-state index in [2.05, 4.69) is 42.3 Å². The third-order valence-electron chi connectivity index (χ3n) is 3.44. The van der Waals surface area contributed by atoms with E-state index in [1.807, 2.05) is 18.2 Å². The van der Waals surface area contributed by atoms with Gasteiger partial charge in [0.2, 0.25) is 0 Å². The Kier molecular flexibility index (Phi) is 5.61. The third kappa shape index (κ3) is 3.83. The highest BCUT2D eigenvalue weighted by Gasteiger charge is 2.22. The second kappa shape index (κ2) is 7.23. The van der Waals surface area contributed by atoms with Crippen LogP contribution >= 0.6 is 22.9 Å². The second-order valence-electron chi connectivity index (χ2n) is 5.15. The Hall–Kier alpha value is -0.870. The van der Waals surface area contributed by atoms with Crippen LogP contribution in [0.4, 0.5) is 0 Å². The van der Waals surface area contributed by atoms with Crippen molar-refractivity contribution in [3.8, 4) is 0 Å². The van der Waals surface area contributed by atoms with Gasteiger partial charge in [-0.1, -0.05) is 29.8 Å². The maximum absolute atomic E-state index is 6.12. The first-order valence-corrected chi connectivity index (χ1v) is 8.11. The van der Waals surface area contributed by atoms with Gasteiger partial charge < -0.3 is 5.73 Å². The smallest absolute Gasteiger partial charge is 0.0477 e. The van der Waals surface area contributed by atoms with E-state index >= 15 is 0 Å². The Bertz CT molecular complexity index is 525. The molecule has 0 spiro atoms. The summed E-state index contributed by atoms with van der Waals surface area (Å²) < 4.78 is 0. The lowest BCUT2D eigenvalue weighted by Crippen LogP contribution is -2.38. The molecule has 1 aromatic carbocycles. The van der Waals surface area contributed by atoms with Crippen LogP contribution in [0.5, 0.6) is 0 Å². The standard InChI is InChI=1S/C16H21ClN2S/c1-12(2)19(11-15-7-4-8-20-15)16(10-18)13-5-3-6-14(17)9-13/h3-9,12,16H,10-11,18H2,1-2H3. The summed E-state index contributed by atoms with van der Waals surface area (Å²) in [4.78, 5) is 3.79. The van der Waals surface area contributed by atoms with Crippen molar-refractivity contribution in [3.05, 3.63) is 57.2 Å². The Balaban J connectivity index is 2.25. The van der Waals surface area contributed by atoms with Gasteiger partial charge in [0.25, 0.3) is 0 Å². The highest BCUT2D eigenvalue weighted by atomic mass is 35.5. The molecule has 4 heteroatoms. The summed E-state index contributed by atoms with van der Waals surface area (Å²) in [6.07, 6.45) is 0. The van der Waals surface area contributed by atoms with Crippen molar-refractivity contribution in [1.82, 2.24) is 4.90 Å². The third-order valence-corrected chi connectivity index (χ3v) is 4.54. The fourth-order valence-electron chi connectivity index (χ4n) is 2.41. The minimum atomic E-state index is 0.191. The summed E-state index contributed by atoms with van der Waals surface area (Å²) in [6, 6.07) is 12.9. The zero-order valence-electron chi connectivity index (χ0n) is 11.9. The zero-order valence-corrected chi connectivity index (χ0v) is 13.5. The summed E-state index contributed by atoms with van der Waals surface area (Å²) >= 11 is 7.90. The number of rotatable bonds is 6. The van der Waals surface area contributed by atoms with E-state index in [0.717, 1.165) is 11.6 Å². The molecule has 0 radical (unpaired) electrons. The molecule has 1 heterocycles. The van der Waals surface area contributed by atoms with Crippen molar-refractivity contribution < 1.29 is 0 Å². The molecule has 108 valence electrons. The van der Waals surface area contributed by atoms with E-state index < -0.39 is 0 Å². The van der Waals surface area contributed by atoms with Gasteiger partial charge in [-0.2, -0.15) is 0 Å². The van der Waals surface area contributed by atoms with Gasteiger partial charge in [0.15, 0.2) is 0 Å². The van der Waals surface area contributed by atoms with Crippen LogP contribution in [0.1, 0.15) is 30.3 Å². The van der Waals surface area contributed by atoms with Crippen molar-refractivity contribution in [2.75, 3.05) is 6.54 Å². The fraction of sp³-hybridized carbons (Fsp3) is 0.375. The molecular weight excluding hydrogens is 288 g/mol. The lowest BCUT2D eigenvalue weighted by molar-refractivity contribution is 0.149. The predicted octanol–water partition coefficient (Wildman–Crippen LogP) is 4.31. The summed E-state index contributed by atoms with van der Waals surface area (Å²) in [5, 5.41) is 2.88. The van der Waals surface area contributed by atoms with Gasteiger partial charge in [0.1, 0.15) is 0 Å². The molecule has 1 aromatic heterocycles. The van der Waals surface area contributed by atoms with Gasteiger partial charge in [0, 0.05) is 35.1 Å². The number of benzene rings is 1. The van der Waals surface area contributed by atoms with Gasteiger partial charge in [-0.15, -0.1) is 11.3 Å². The van der Waals surface area contributed by atoms with Crippen LogP contribution in [0, 0.1) is 0 Å². The Labute approximate surface area is 130 Å². The number of nitrogens with two attached hydrogens (primary N) is 1. The van der Waals surface area contributed by atoms with E-state index in [-0.39, 0.29) is 6.04 Å². The van der Waals surface area contributed by atoms with Gasteiger partial charge in [-0.3, -0.25) is 4.90 Å². The lowest BCUT2D eigenvalue weighted by atomic mass is 10.0. The van der Waals surface area contributed by atoms with Gasteiger partial charge >= 0.3 is 0 Å². The normalized spacial score (nSPS) is 13.1. The van der Waals surface area contributed by atoms with Crippen LogP contribution in [-0.2, 0) is 6.54 Å². The Morgan fingerprint density at radius 3 is 2.60 bits per heavy atom. The SMILES string of the molecule is CC(C)N(Cc1cccs1)C(CN)c1cccc(Cl)c1. The van der Waals surface area contributed by atoms with Crippen molar-refractivity contribution in [1.29, 1.82) is 0 Å². The number of halogens is 1. The van der Waals surface area contributed by atoms with E-state index in [4.69, 9.17) is 17.3 Å². The predicted molar refractivity (Wildman–Crippen MR) is 88.2 cm³/mol. The van der Waals surface area contributed by atoms with Crippen LogP contribution in [-0.4, -0.2) is 17.5 Å². The van der Waals surface area contributed by atoms with Gasteiger partial charge in [-0.05, 0) is 43.0 Å². The largest absolute Gasteiger partial charge is 0.329 e. The molecular formula is C16H21ClN2S. The zero-order chi connectivity index (χ0) is 14.5. The second-order valence-corrected chi connectivity index (χ2v) is 6.62. The van der Waals surface area contributed by atoms with E-state index in [1.54, 1.807) is 11.3 Å². The lowest BCUT2D eigenvalue weighted by Gasteiger charge is -2.34. The molecule has 2 nitrogen and oxygen atoms in total. The molecule has 0 bridgehead atoms. The molecule has 0 aliphatic rings. The summed E-state index contributed by atoms with van der Waals surface area (Å²) in [5.41, 5.74) is 7.23. The quantitative estimate of drug-likeness (QED) is 0.861. The molecule has 0 amide bonds. The minimum absolute atomic E-state index is 0.191. The summed E-state index contributed by atoms with van der Waals surface area (Å²) in [7, 11) is 0. The first-order valence-electron chi connectivity index (χ1n) is 6.85. The Morgan fingerprint density at radius 2 is 2.05 bits per heavy atom.